The number of carbonyl (C=O) groups is 1. The van der Waals surface area contributed by atoms with E-state index in [1.165, 1.54) is 0 Å². The third-order valence-corrected chi connectivity index (χ3v) is 3.71. The number of hydrogen-bond acceptors (Lipinski definition) is 4. The first-order valence-electron chi connectivity index (χ1n) is 9.86. The summed E-state index contributed by atoms with van der Waals surface area (Å²) in [5.74, 6) is 0.656. The zero-order valence-electron chi connectivity index (χ0n) is 18.6. The third-order valence-electron chi connectivity index (χ3n) is 3.71. The molecule has 0 fully saturated rings. The minimum Gasteiger partial charge on any atom is -0.340 e. The molecule has 0 saturated carbocycles. The van der Waals surface area contributed by atoms with Crippen molar-refractivity contribution in [1.82, 2.24) is 4.98 Å². The number of aromatic nitrogens is 1. The van der Waals surface area contributed by atoms with Crippen molar-refractivity contribution in [3.63, 3.8) is 0 Å². The van der Waals surface area contributed by atoms with Gasteiger partial charge in [-0.2, -0.15) is 0 Å². The number of carbonyl (C=O) groups excluding carboxylic acids is 1. The molecule has 0 aliphatic rings. The maximum atomic E-state index is 12.3. The topological polar surface area (TPSA) is 71.1 Å². The summed E-state index contributed by atoms with van der Waals surface area (Å²) >= 11 is 0. The van der Waals surface area contributed by atoms with Crippen molar-refractivity contribution in [2.45, 2.75) is 27.7 Å². The van der Waals surface area contributed by atoms with Crippen LogP contribution in [0.2, 0.25) is 0 Å². The van der Waals surface area contributed by atoms with Gasteiger partial charge in [-0.25, -0.2) is 4.98 Å². The molecular formula is C24H31N3O2P+. The molecule has 1 heterocycles. The van der Waals surface area contributed by atoms with Crippen molar-refractivity contribution >= 4 is 30.9 Å². The molecule has 0 aliphatic carbocycles. The van der Waals surface area contributed by atoms with Gasteiger partial charge in [-0.1, -0.05) is 42.7 Å². The molecule has 0 radical (unpaired) electrons. The molecule has 2 aromatic carbocycles. The molecular weight excluding hydrogens is 393 g/mol. The number of nitrogens with one attached hydrogen (secondary N) is 2. The van der Waals surface area contributed by atoms with Crippen LogP contribution in [0.3, 0.4) is 0 Å². The van der Waals surface area contributed by atoms with Gasteiger partial charge in [0.25, 0.3) is 5.91 Å². The molecule has 0 saturated heterocycles. The SMILES string of the molecule is CC.C[P+](C)=O.Cc1ccnc(Nc2cc(NC(=O)c3ccccc3)ccc2C)c1. The average Bonchev–Trinajstić information content (AvgIpc) is 2.72. The van der Waals surface area contributed by atoms with Crippen molar-refractivity contribution in [3.8, 4) is 0 Å². The van der Waals surface area contributed by atoms with Gasteiger partial charge in [-0.3, -0.25) is 4.79 Å². The van der Waals surface area contributed by atoms with Gasteiger partial charge in [-0.15, -0.1) is 0 Å². The van der Waals surface area contributed by atoms with E-state index in [-0.39, 0.29) is 5.91 Å². The summed E-state index contributed by atoms with van der Waals surface area (Å²) in [5, 5.41) is 6.23. The minimum atomic E-state index is -0.870. The van der Waals surface area contributed by atoms with E-state index in [0.717, 1.165) is 28.3 Å². The van der Waals surface area contributed by atoms with Crippen molar-refractivity contribution < 1.29 is 9.36 Å². The van der Waals surface area contributed by atoms with E-state index >= 15 is 0 Å². The Morgan fingerprint density at radius 3 is 2.17 bits per heavy atom. The number of anilines is 3. The van der Waals surface area contributed by atoms with Gasteiger partial charge in [0.05, 0.1) is 0 Å². The second kappa shape index (κ2) is 13.2. The van der Waals surface area contributed by atoms with Crippen molar-refractivity contribution in [2.24, 2.45) is 0 Å². The highest BCUT2D eigenvalue weighted by molar-refractivity contribution is 7.42. The van der Waals surface area contributed by atoms with Crippen LogP contribution in [0.1, 0.15) is 35.3 Å². The number of hydrogen-bond donors (Lipinski definition) is 2. The zero-order valence-corrected chi connectivity index (χ0v) is 19.5. The number of amides is 1. The lowest BCUT2D eigenvalue weighted by Crippen LogP contribution is -2.11. The Morgan fingerprint density at radius 2 is 1.57 bits per heavy atom. The van der Waals surface area contributed by atoms with Crippen LogP contribution in [0, 0.1) is 13.8 Å². The fraction of sp³-hybridized carbons (Fsp3) is 0.250. The van der Waals surface area contributed by atoms with E-state index in [2.05, 4.69) is 15.6 Å². The summed E-state index contributed by atoms with van der Waals surface area (Å²) in [6, 6.07) is 18.9. The van der Waals surface area contributed by atoms with Crippen molar-refractivity contribution in [2.75, 3.05) is 24.0 Å². The molecule has 0 atom stereocenters. The van der Waals surface area contributed by atoms with E-state index in [1.54, 1.807) is 31.7 Å². The normalized spacial score (nSPS) is 9.27. The Bertz CT molecular complexity index is 956. The molecule has 0 bridgehead atoms. The van der Waals surface area contributed by atoms with Gasteiger partial charge in [0, 0.05) is 23.1 Å². The van der Waals surface area contributed by atoms with Crippen LogP contribution < -0.4 is 10.6 Å². The van der Waals surface area contributed by atoms with Crippen LogP contribution >= 0.6 is 7.80 Å². The standard InChI is InChI=1S/C20H19N3O.C2H6OP.C2H6/c1-14-10-11-21-19(12-14)23-18-13-17(9-8-15(18)2)22-20(24)16-6-4-3-5-7-16;1-4(2)3;1-2/h3-13H,1-2H3,(H,21,23)(H,22,24);1-2H3;1-2H3/q;+1;. The predicted octanol–water partition coefficient (Wildman–Crippen LogP) is 6.79. The van der Waals surface area contributed by atoms with Crippen LogP contribution in [0.25, 0.3) is 0 Å². The maximum absolute atomic E-state index is 12.3. The Morgan fingerprint density at radius 1 is 0.933 bits per heavy atom. The number of benzene rings is 2. The lowest BCUT2D eigenvalue weighted by molar-refractivity contribution is 0.102. The first-order valence-corrected chi connectivity index (χ1v) is 12.0. The van der Waals surface area contributed by atoms with Gasteiger partial charge < -0.3 is 10.6 Å². The summed E-state index contributed by atoms with van der Waals surface area (Å²) in [4.78, 5) is 16.6. The Kier molecular flexibility index (Phi) is 11.0. The smallest absolute Gasteiger partial charge is 0.332 e. The maximum Gasteiger partial charge on any atom is 0.332 e. The lowest BCUT2D eigenvalue weighted by atomic mass is 10.1. The summed E-state index contributed by atoms with van der Waals surface area (Å²) in [6.45, 7) is 11.4. The summed E-state index contributed by atoms with van der Waals surface area (Å²) in [7, 11) is -0.870. The van der Waals surface area contributed by atoms with Crippen LogP contribution in [0.15, 0.2) is 66.9 Å². The van der Waals surface area contributed by atoms with Gasteiger partial charge in [-0.05, 0) is 61.4 Å². The second-order valence-electron chi connectivity index (χ2n) is 6.51. The Balaban J connectivity index is 0.000000673. The fourth-order valence-electron chi connectivity index (χ4n) is 2.37. The quantitative estimate of drug-likeness (QED) is 0.452. The molecule has 0 unspecified atom stereocenters. The summed E-state index contributed by atoms with van der Waals surface area (Å²) in [6.07, 6.45) is 1.77. The molecule has 158 valence electrons. The highest BCUT2D eigenvalue weighted by Crippen LogP contribution is 2.24. The van der Waals surface area contributed by atoms with E-state index < -0.39 is 7.80 Å². The highest BCUT2D eigenvalue weighted by atomic mass is 31.1. The molecule has 0 aliphatic heterocycles. The average molecular weight is 425 g/mol. The van der Waals surface area contributed by atoms with E-state index in [4.69, 9.17) is 0 Å². The Hall–Kier alpha value is -3.04. The molecule has 6 heteroatoms. The van der Waals surface area contributed by atoms with Crippen LogP contribution in [0.4, 0.5) is 17.2 Å². The molecule has 5 nitrogen and oxygen atoms in total. The third kappa shape index (κ3) is 8.97. The predicted molar refractivity (Wildman–Crippen MR) is 129 cm³/mol. The van der Waals surface area contributed by atoms with E-state index in [0.29, 0.717) is 5.56 Å². The molecule has 0 spiro atoms. The number of pyridine rings is 1. The van der Waals surface area contributed by atoms with Crippen molar-refractivity contribution in [1.29, 1.82) is 0 Å². The largest absolute Gasteiger partial charge is 0.340 e. The van der Waals surface area contributed by atoms with Gasteiger partial charge in [0.2, 0.25) is 0 Å². The highest BCUT2D eigenvalue weighted by Gasteiger charge is 2.07. The fourth-order valence-corrected chi connectivity index (χ4v) is 2.37. The molecule has 1 amide bonds. The minimum absolute atomic E-state index is 0.126. The monoisotopic (exact) mass is 424 g/mol. The van der Waals surface area contributed by atoms with Gasteiger partial charge in [0.1, 0.15) is 19.1 Å². The van der Waals surface area contributed by atoms with Crippen LogP contribution in [-0.4, -0.2) is 24.2 Å². The molecule has 1 aromatic heterocycles. The molecule has 3 rings (SSSR count). The first-order chi connectivity index (χ1) is 14.3. The van der Waals surface area contributed by atoms with Gasteiger partial charge >= 0.3 is 7.80 Å². The summed E-state index contributed by atoms with van der Waals surface area (Å²) in [5.41, 5.74) is 4.51. The second-order valence-corrected chi connectivity index (χ2v) is 8.13. The van der Waals surface area contributed by atoms with E-state index in [1.807, 2.05) is 76.2 Å². The number of rotatable bonds is 4. The van der Waals surface area contributed by atoms with Crippen molar-refractivity contribution in [3.05, 3.63) is 83.6 Å². The lowest BCUT2D eigenvalue weighted by Gasteiger charge is -2.12. The zero-order chi connectivity index (χ0) is 22.5. The number of nitrogens with zero attached hydrogens (tertiary/aromatic N) is 1. The molecule has 3 aromatic rings. The van der Waals surface area contributed by atoms with Gasteiger partial charge in [0.15, 0.2) is 0 Å². The molecule has 2 N–H and O–H groups in total. The first kappa shape index (κ1) is 25.0. The molecule has 30 heavy (non-hydrogen) atoms. The summed E-state index contributed by atoms with van der Waals surface area (Å²) < 4.78 is 9.59. The Labute approximate surface area is 180 Å². The van der Waals surface area contributed by atoms with Crippen LogP contribution in [0.5, 0.6) is 0 Å². The van der Waals surface area contributed by atoms with Crippen LogP contribution in [-0.2, 0) is 4.57 Å². The number of aryl methyl sites for hydroxylation is 2. The van der Waals surface area contributed by atoms with E-state index in [9.17, 15) is 9.36 Å².